The van der Waals surface area contributed by atoms with Gasteiger partial charge in [0.25, 0.3) is 0 Å². The van der Waals surface area contributed by atoms with Gasteiger partial charge in [-0.15, -0.1) is 0 Å². The summed E-state index contributed by atoms with van der Waals surface area (Å²) in [4.78, 5) is 14.2. The molecule has 0 heterocycles. The van der Waals surface area contributed by atoms with Gasteiger partial charge in [0, 0.05) is 24.7 Å². The van der Waals surface area contributed by atoms with Gasteiger partial charge in [-0.2, -0.15) is 0 Å². The van der Waals surface area contributed by atoms with E-state index in [0.29, 0.717) is 6.54 Å². The quantitative estimate of drug-likeness (QED) is 0.563. The van der Waals surface area contributed by atoms with Crippen LogP contribution in [0.3, 0.4) is 0 Å². The maximum atomic E-state index is 11.9. The largest absolute Gasteiger partial charge is 0.496 e. The van der Waals surface area contributed by atoms with Gasteiger partial charge in [-0.05, 0) is 37.7 Å². The molecule has 0 aliphatic carbocycles. The van der Waals surface area contributed by atoms with Gasteiger partial charge in [-0.3, -0.25) is 4.79 Å². The Bertz CT molecular complexity index is 683. The van der Waals surface area contributed by atoms with E-state index in [1.54, 1.807) is 19.3 Å². The standard InChI is InChI=1S/C21H26N2O2/c1-23(17-18-9-4-3-5-10-18)16-8-15-22-21(24)14-13-19-11-6-7-12-20(19)25-2/h3-7,9-14H,8,15-17H2,1-2H3,(H,22,24). The number of benzene rings is 2. The van der Waals surface area contributed by atoms with Crippen LogP contribution in [0, 0.1) is 0 Å². The number of nitrogens with zero attached hydrogens (tertiary/aromatic N) is 1. The molecule has 0 unspecified atom stereocenters. The molecule has 0 aliphatic heterocycles. The first kappa shape index (κ1) is 18.7. The van der Waals surface area contributed by atoms with Crippen LogP contribution in [0.4, 0.5) is 0 Å². The van der Waals surface area contributed by atoms with Crippen LogP contribution in [0.1, 0.15) is 17.5 Å². The molecule has 2 aromatic rings. The SMILES string of the molecule is COc1ccccc1C=CC(=O)NCCCN(C)Cc1ccccc1. The Labute approximate surface area is 150 Å². The van der Waals surface area contributed by atoms with Crippen LogP contribution in [0.25, 0.3) is 6.08 Å². The summed E-state index contributed by atoms with van der Waals surface area (Å²) in [5.74, 6) is 0.672. The Balaban J connectivity index is 1.67. The van der Waals surface area contributed by atoms with E-state index in [2.05, 4.69) is 41.5 Å². The smallest absolute Gasteiger partial charge is 0.244 e. The Hall–Kier alpha value is -2.59. The van der Waals surface area contributed by atoms with Crippen molar-refractivity contribution in [3.05, 3.63) is 71.8 Å². The normalized spacial score (nSPS) is 11.0. The summed E-state index contributed by atoms with van der Waals surface area (Å²) >= 11 is 0. The van der Waals surface area contributed by atoms with E-state index < -0.39 is 0 Å². The fourth-order valence-corrected chi connectivity index (χ4v) is 2.56. The Morgan fingerprint density at radius 2 is 1.84 bits per heavy atom. The third-order valence-electron chi connectivity index (χ3n) is 3.86. The van der Waals surface area contributed by atoms with Crippen LogP contribution >= 0.6 is 0 Å². The Kier molecular flexibility index (Phi) is 7.73. The summed E-state index contributed by atoms with van der Waals surface area (Å²) in [5.41, 5.74) is 2.19. The highest BCUT2D eigenvalue weighted by Gasteiger charge is 2.01. The van der Waals surface area contributed by atoms with Crippen LogP contribution in [0.5, 0.6) is 5.75 Å². The van der Waals surface area contributed by atoms with Gasteiger partial charge in [0.05, 0.1) is 7.11 Å². The molecule has 0 bridgehead atoms. The third kappa shape index (κ3) is 6.81. The van der Waals surface area contributed by atoms with Gasteiger partial charge in [-0.1, -0.05) is 48.5 Å². The second-order valence-electron chi connectivity index (χ2n) is 5.94. The molecule has 4 nitrogen and oxygen atoms in total. The van der Waals surface area contributed by atoms with Crippen LogP contribution < -0.4 is 10.1 Å². The van der Waals surface area contributed by atoms with Crippen molar-refractivity contribution in [1.29, 1.82) is 0 Å². The molecule has 2 aromatic carbocycles. The lowest BCUT2D eigenvalue weighted by Gasteiger charge is -2.16. The van der Waals surface area contributed by atoms with Crippen molar-refractivity contribution < 1.29 is 9.53 Å². The van der Waals surface area contributed by atoms with E-state index in [4.69, 9.17) is 4.74 Å². The first-order chi connectivity index (χ1) is 12.2. The van der Waals surface area contributed by atoms with Crippen molar-refractivity contribution in [1.82, 2.24) is 10.2 Å². The predicted molar refractivity (Wildman–Crippen MR) is 102 cm³/mol. The summed E-state index contributed by atoms with van der Waals surface area (Å²) < 4.78 is 5.26. The maximum Gasteiger partial charge on any atom is 0.244 e. The van der Waals surface area contributed by atoms with Crippen LogP contribution in [-0.2, 0) is 11.3 Å². The average Bonchev–Trinajstić information content (AvgIpc) is 2.64. The zero-order valence-electron chi connectivity index (χ0n) is 14.9. The van der Waals surface area contributed by atoms with Crippen molar-refractivity contribution in [2.75, 3.05) is 27.2 Å². The van der Waals surface area contributed by atoms with Gasteiger partial charge >= 0.3 is 0 Å². The zero-order valence-corrected chi connectivity index (χ0v) is 14.9. The highest BCUT2D eigenvalue weighted by Crippen LogP contribution is 2.18. The van der Waals surface area contributed by atoms with Crippen molar-refractivity contribution in [2.45, 2.75) is 13.0 Å². The van der Waals surface area contributed by atoms with E-state index in [1.807, 2.05) is 30.3 Å². The summed E-state index contributed by atoms with van der Waals surface area (Å²) in [6.07, 6.45) is 4.23. The predicted octanol–water partition coefficient (Wildman–Crippen LogP) is 3.35. The molecule has 4 heteroatoms. The molecular weight excluding hydrogens is 312 g/mol. The number of hydrogen-bond donors (Lipinski definition) is 1. The van der Waals surface area contributed by atoms with E-state index >= 15 is 0 Å². The number of ether oxygens (including phenoxy) is 1. The molecule has 1 amide bonds. The maximum absolute atomic E-state index is 11.9. The fraction of sp³-hybridized carbons (Fsp3) is 0.286. The van der Waals surface area contributed by atoms with Crippen molar-refractivity contribution >= 4 is 12.0 Å². The first-order valence-electron chi connectivity index (χ1n) is 8.50. The lowest BCUT2D eigenvalue weighted by Crippen LogP contribution is -2.26. The molecule has 0 radical (unpaired) electrons. The molecule has 132 valence electrons. The minimum atomic E-state index is -0.0865. The molecular formula is C21H26N2O2. The fourth-order valence-electron chi connectivity index (χ4n) is 2.56. The van der Waals surface area contributed by atoms with E-state index in [0.717, 1.165) is 30.8 Å². The van der Waals surface area contributed by atoms with Crippen molar-refractivity contribution in [2.24, 2.45) is 0 Å². The van der Waals surface area contributed by atoms with Gasteiger partial charge < -0.3 is 15.0 Å². The number of rotatable bonds is 9. The molecule has 0 atom stereocenters. The Morgan fingerprint density at radius 1 is 1.12 bits per heavy atom. The van der Waals surface area contributed by atoms with Gasteiger partial charge in [0.2, 0.25) is 5.91 Å². The second-order valence-corrected chi connectivity index (χ2v) is 5.94. The number of methoxy groups -OCH3 is 1. The summed E-state index contributed by atoms with van der Waals surface area (Å²) in [7, 11) is 3.72. The number of carbonyl (C=O) groups excluding carboxylic acids is 1. The van der Waals surface area contributed by atoms with Crippen LogP contribution in [-0.4, -0.2) is 38.1 Å². The lowest BCUT2D eigenvalue weighted by molar-refractivity contribution is -0.116. The topological polar surface area (TPSA) is 41.6 Å². The summed E-state index contributed by atoms with van der Waals surface area (Å²) in [6, 6.07) is 18.0. The van der Waals surface area contributed by atoms with E-state index in [9.17, 15) is 4.79 Å². The highest BCUT2D eigenvalue weighted by atomic mass is 16.5. The molecule has 1 N–H and O–H groups in total. The van der Waals surface area contributed by atoms with Crippen molar-refractivity contribution in [3.63, 3.8) is 0 Å². The highest BCUT2D eigenvalue weighted by molar-refractivity contribution is 5.92. The first-order valence-corrected chi connectivity index (χ1v) is 8.50. The molecule has 0 aromatic heterocycles. The van der Waals surface area contributed by atoms with Crippen LogP contribution in [0.15, 0.2) is 60.7 Å². The minimum absolute atomic E-state index is 0.0865. The zero-order chi connectivity index (χ0) is 17.9. The van der Waals surface area contributed by atoms with E-state index in [1.165, 1.54) is 5.56 Å². The van der Waals surface area contributed by atoms with Crippen molar-refractivity contribution in [3.8, 4) is 5.75 Å². The lowest BCUT2D eigenvalue weighted by atomic mass is 10.2. The number of amides is 1. The Morgan fingerprint density at radius 3 is 2.60 bits per heavy atom. The van der Waals surface area contributed by atoms with Gasteiger partial charge in [0.1, 0.15) is 5.75 Å². The number of nitrogens with one attached hydrogen (secondary N) is 1. The minimum Gasteiger partial charge on any atom is -0.496 e. The summed E-state index contributed by atoms with van der Waals surface area (Å²) in [5, 5.41) is 2.92. The van der Waals surface area contributed by atoms with Crippen LogP contribution in [0.2, 0.25) is 0 Å². The average molecular weight is 338 g/mol. The third-order valence-corrected chi connectivity index (χ3v) is 3.86. The molecule has 0 aliphatic rings. The molecule has 0 saturated heterocycles. The van der Waals surface area contributed by atoms with E-state index in [-0.39, 0.29) is 5.91 Å². The monoisotopic (exact) mass is 338 g/mol. The number of hydrogen-bond acceptors (Lipinski definition) is 3. The number of carbonyl (C=O) groups is 1. The molecule has 2 rings (SSSR count). The van der Waals surface area contributed by atoms with Gasteiger partial charge in [-0.25, -0.2) is 0 Å². The molecule has 25 heavy (non-hydrogen) atoms. The van der Waals surface area contributed by atoms with Gasteiger partial charge in [0.15, 0.2) is 0 Å². The molecule has 0 spiro atoms. The number of para-hydroxylation sites is 1. The second kappa shape index (κ2) is 10.3. The molecule has 0 saturated carbocycles. The molecule has 0 fully saturated rings. The summed E-state index contributed by atoms with van der Waals surface area (Å²) in [6.45, 7) is 2.52.